The molecule has 7 nitrogen and oxygen atoms in total. The molecule has 1 amide bonds. The predicted molar refractivity (Wildman–Crippen MR) is 97.5 cm³/mol. The Morgan fingerprint density at radius 2 is 2.19 bits per heavy atom. The Bertz CT molecular complexity index is 884. The van der Waals surface area contributed by atoms with Crippen LogP contribution in [0, 0.1) is 10.1 Å². The summed E-state index contributed by atoms with van der Waals surface area (Å²) in [5, 5.41) is 13.5. The van der Waals surface area contributed by atoms with Crippen molar-refractivity contribution in [2.45, 2.75) is 26.4 Å². The Kier molecular flexibility index (Phi) is 4.99. The van der Waals surface area contributed by atoms with E-state index in [1.54, 1.807) is 6.07 Å². The number of anilines is 1. The molecular weight excluding hydrogens is 360 g/mol. The molecule has 1 N–H and O–H groups in total. The molecule has 1 aliphatic rings. The number of ether oxygens (including phenoxy) is 2. The van der Waals surface area contributed by atoms with Crippen LogP contribution in [-0.4, -0.2) is 23.5 Å². The van der Waals surface area contributed by atoms with Crippen molar-refractivity contribution in [3.63, 3.8) is 0 Å². The minimum atomic E-state index is -0.570. The fraction of sp³-hybridized carbons (Fsp3) is 0.278. The Labute approximate surface area is 155 Å². The van der Waals surface area contributed by atoms with Crippen LogP contribution in [0.5, 0.6) is 11.5 Å². The number of nitrogens with one attached hydrogen (secondary N) is 1. The number of hydrogen-bond acceptors (Lipinski definition) is 5. The molecule has 2 aromatic carbocycles. The van der Waals surface area contributed by atoms with E-state index < -0.39 is 10.8 Å². The van der Waals surface area contributed by atoms with Crippen LogP contribution in [0.15, 0.2) is 30.3 Å². The van der Waals surface area contributed by atoms with Crippen molar-refractivity contribution in [1.82, 2.24) is 0 Å². The Balaban J connectivity index is 1.89. The first-order valence-electron chi connectivity index (χ1n) is 8.10. The zero-order chi connectivity index (χ0) is 18.8. The zero-order valence-corrected chi connectivity index (χ0v) is 15.0. The van der Waals surface area contributed by atoms with Gasteiger partial charge in [-0.05, 0) is 26.0 Å². The molecule has 1 atom stereocenters. The minimum absolute atomic E-state index is 0.000641. The fourth-order valence-corrected chi connectivity index (χ4v) is 3.06. The van der Waals surface area contributed by atoms with Gasteiger partial charge in [0.25, 0.3) is 11.6 Å². The van der Waals surface area contributed by atoms with E-state index in [9.17, 15) is 14.9 Å². The van der Waals surface area contributed by atoms with Gasteiger partial charge in [0.1, 0.15) is 17.6 Å². The highest BCUT2D eigenvalue weighted by Crippen LogP contribution is 2.38. The van der Waals surface area contributed by atoms with Gasteiger partial charge >= 0.3 is 0 Å². The maximum absolute atomic E-state index is 12.6. The first-order valence-corrected chi connectivity index (χ1v) is 8.48. The number of carbonyl (C=O) groups is 1. The number of nitro benzene ring substituents is 1. The zero-order valence-electron chi connectivity index (χ0n) is 14.2. The molecule has 2 aromatic rings. The third-order valence-electron chi connectivity index (χ3n) is 3.95. The molecule has 0 spiro atoms. The van der Waals surface area contributed by atoms with E-state index >= 15 is 0 Å². The van der Waals surface area contributed by atoms with Gasteiger partial charge in [0.15, 0.2) is 0 Å². The highest BCUT2D eigenvalue weighted by atomic mass is 35.5. The number of hydrogen-bond donors (Lipinski definition) is 1. The van der Waals surface area contributed by atoms with Crippen molar-refractivity contribution in [2.75, 3.05) is 11.9 Å². The molecule has 0 aromatic heterocycles. The van der Waals surface area contributed by atoms with E-state index in [0.717, 1.165) is 18.1 Å². The predicted octanol–water partition coefficient (Wildman–Crippen LogP) is 4.22. The van der Waals surface area contributed by atoms with Gasteiger partial charge in [-0.25, -0.2) is 0 Å². The number of halogens is 1. The summed E-state index contributed by atoms with van der Waals surface area (Å²) >= 11 is 6.03. The molecule has 3 rings (SSSR count). The highest BCUT2D eigenvalue weighted by molar-refractivity contribution is 6.34. The molecule has 0 unspecified atom stereocenters. The lowest BCUT2D eigenvalue weighted by Crippen LogP contribution is -2.14. The number of amides is 1. The second-order valence-electron chi connectivity index (χ2n) is 5.90. The average molecular weight is 377 g/mol. The fourth-order valence-electron chi connectivity index (χ4n) is 2.80. The van der Waals surface area contributed by atoms with E-state index in [4.69, 9.17) is 21.1 Å². The average Bonchev–Trinajstić information content (AvgIpc) is 2.94. The van der Waals surface area contributed by atoms with Gasteiger partial charge in [-0.15, -0.1) is 0 Å². The first kappa shape index (κ1) is 18.0. The van der Waals surface area contributed by atoms with Crippen molar-refractivity contribution in [1.29, 1.82) is 0 Å². The van der Waals surface area contributed by atoms with Gasteiger partial charge < -0.3 is 14.8 Å². The molecule has 1 aliphatic heterocycles. The van der Waals surface area contributed by atoms with E-state index in [2.05, 4.69) is 5.32 Å². The molecule has 136 valence electrons. The van der Waals surface area contributed by atoms with Crippen LogP contribution >= 0.6 is 11.6 Å². The summed E-state index contributed by atoms with van der Waals surface area (Å²) in [5.41, 5.74) is 1.43. The molecule has 1 heterocycles. The number of nitrogens with zero attached hydrogens (tertiary/aromatic N) is 1. The van der Waals surface area contributed by atoms with Crippen molar-refractivity contribution >= 4 is 28.9 Å². The van der Waals surface area contributed by atoms with Gasteiger partial charge in [-0.1, -0.05) is 11.6 Å². The van der Waals surface area contributed by atoms with Gasteiger partial charge in [0.2, 0.25) is 0 Å². The van der Waals surface area contributed by atoms with Crippen LogP contribution in [0.3, 0.4) is 0 Å². The standard InChI is InChI=1S/C18H17ClN2O5/c1-3-25-17-7-11-6-10(2)26-16(11)9-15(17)20-18(22)13-5-4-12(21(23)24)8-14(13)19/h4-5,7-10H,3,6H2,1-2H3,(H,20,22)/t10-/m0/s1. The molecule has 26 heavy (non-hydrogen) atoms. The number of rotatable bonds is 5. The summed E-state index contributed by atoms with van der Waals surface area (Å²) in [7, 11) is 0. The second-order valence-corrected chi connectivity index (χ2v) is 6.30. The van der Waals surface area contributed by atoms with Gasteiger partial charge in [-0.2, -0.15) is 0 Å². The Morgan fingerprint density at radius 3 is 2.85 bits per heavy atom. The topological polar surface area (TPSA) is 90.7 Å². The first-order chi connectivity index (χ1) is 12.4. The van der Waals surface area contributed by atoms with Crippen molar-refractivity contribution in [2.24, 2.45) is 0 Å². The van der Waals surface area contributed by atoms with Crippen LogP contribution in [0.1, 0.15) is 29.8 Å². The summed E-state index contributed by atoms with van der Waals surface area (Å²) in [6.07, 6.45) is 0.840. The van der Waals surface area contributed by atoms with Crippen LogP contribution in [-0.2, 0) is 6.42 Å². The SMILES string of the molecule is CCOc1cc2c(cc1NC(=O)c1ccc([N+](=O)[O-])cc1Cl)O[C@@H](C)C2. The summed E-state index contributed by atoms with van der Waals surface area (Å²) < 4.78 is 11.3. The van der Waals surface area contributed by atoms with Gasteiger partial charge in [0.05, 0.1) is 27.8 Å². The van der Waals surface area contributed by atoms with Crippen molar-refractivity contribution in [3.8, 4) is 11.5 Å². The molecular formula is C18H17ClN2O5. The smallest absolute Gasteiger partial charge is 0.270 e. The minimum Gasteiger partial charge on any atom is -0.492 e. The third kappa shape index (κ3) is 3.57. The highest BCUT2D eigenvalue weighted by Gasteiger charge is 2.23. The molecule has 0 aliphatic carbocycles. The summed E-state index contributed by atoms with van der Waals surface area (Å²) in [6, 6.07) is 7.28. The van der Waals surface area contributed by atoms with Gasteiger partial charge in [-0.3, -0.25) is 14.9 Å². The number of nitro groups is 1. The van der Waals surface area contributed by atoms with Crippen LogP contribution in [0.2, 0.25) is 5.02 Å². The maximum Gasteiger partial charge on any atom is 0.270 e. The number of benzene rings is 2. The quantitative estimate of drug-likeness (QED) is 0.623. The van der Waals surface area contributed by atoms with E-state index in [1.807, 2.05) is 19.9 Å². The van der Waals surface area contributed by atoms with Crippen molar-refractivity contribution in [3.05, 3.63) is 56.6 Å². The third-order valence-corrected chi connectivity index (χ3v) is 4.27. The van der Waals surface area contributed by atoms with E-state index in [1.165, 1.54) is 12.1 Å². The van der Waals surface area contributed by atoms with E-state index in [0.29, 0.717) is 23.8 Å². The van der Waals surface area contributed by atoms with E-state index in [-0.39, 0.29) is 22.4 Å². The monoisotopic (exact) mass is 376 g/mol. The lowest BCUT2D eigenvalue weighted by atomic mass is 10.1. The molecule has 0 radical (unpaired) electrons. The molecule has 0 saturated heterocycles. The molecule has 0 bridgehead atoms. The Hall–Kier alpha value is -2.80. The van der Waals surface area contributed by atoms with Crippen molar-refractivity contribution < 1.29 is 19.2 Å². The Morgan fingerprint density at radius 1 is 1.42 bits per heavy atom. The second kappa shape index (κ2) is 7.21. The summed E-state index contributed by atoms with van der Waals surface area (Å²) in [5.74, 6) is 0.748. The lowest BCUT2D eigenvalue weighted by molar-refractivity contribution is -0.384. The lowest BCUT2D eigenvalue weighted by Gasteiger charge is -2.14. The summed E-state index contributed by atoms with van der Waals surface area (Å²) in [4.78, 5) is 22.8. The normalized spacial score (nSPS) is 15.1. The number of carbonyl (C=O) groups excluding carboxylic acids is 1. The molecule has 0 saturated carbocycles. The molecule has 8 heteroatoms. The largest absolute Gasteiger partial charge is 0.492 e. The summed E-state index contributed by atoms with van der Waals surface area (Å²) in [6.45, 7) is 4.26. The van der Waals surface area contributed by atoms with Crippen LogP contribution < -0.4 is 14.8 Å². The van der Waals surface area contributed by atoms with Crippen LogP contribution in [0.4, 0.5) is 11.4 Å². The maximum atomic E-state index is 12.6. The van der Waals surface area contributed by atoms with Gasteiger partial charge in [0, 0.05) is 30.2 Å². The van der Waals surface area contributed by atoms with Crippen LogP contribution in [0.25, 0.3) is 0 Å². The number of non-ortho nitro benzene ring substituents is 1. The molecule has 0 fully saturated rings. The number of fused-ring (bicyclic) bond motifs is 1.